The van der Waals surface area contributed by atoms with Gasteiger partial charge in [0.2, 0.25) is 5.91 Å². The first-order valence-corrected chi connectivity index (χ1v) is 7.22. The molecule has 1 heterocycles. The number of anilines is 1. The van der Waals surface area contributed by atoms with Crippen molar-refractivity contribution in [3.63, 3.8) is 0 Å². The van der Waals surface area contributed by atoms with E-state index in [-0.39, 0.29) is 11.4 Å². The van der Waals surface area contributed by atoms with Gasteiger partial charge in [0.25, 0.3) is 0 Å². The molecule has 1 aromatic carbocycles. The fourth-order valence-corrected chi connectivity index (χ4v) is 2.03. The average Bonchev–Trinajstić information content (AvgIpc) is 2.91. The van der Waals surface area contributed by atoms with Crippen molar-refractivity contribution in [1.82, 2.24) is 9.88 Å². The van der Waals surface area contributed by atoms with Gasteiger partial charge in [0.05, 0.1) is 0 Å². The van der Waals surface area contributed by atoms with Gasteiger partial charge in [0, 0.05) is 42.3 Å². The highest BCUT2D eigenvalue weighted by Crippen LogP contribution is 2.15. The van der Waals surface area contributed by atoms with Crippen LogP contribution in [0, 0.1) is 0 Å². The van der Waals surface area contributed by atoms with Gasteiger partial charge in [0.1, 0.15) is 0 Å². The lowest BCUT2D eigenvalue weighted by Gasteiger charge is -2.20. The molecule has 0 spiro atoms. The number of rotatable bonds is 5. The Kier molecular flexibility index (Phi) is 4.81. The van der Waals surface area contributed by atoms with Gasteiger partial charge in [-0.05, 0) is 51.1 Å². The monoisotopic (exact) mass is 285 g/mol. The summed E-state index contributed by atoms with van der Waals surface area (Å²) in [4.78, 5) is 11.9. The fourth-order valence-electron chi connectivity index (χ4n) is 2.03. The third-order valence-electron chi connectivity index (χ3n) is 3.04. The zero-order valence-electron chi connectivity index (χ0n) is 12.9. The summed E-state index contributed by atoms with van der Waals surface area (Å²) in [5.41, 5.74) is 1.89. The zero-order chi connectivity index (χ0) is 15.3. The van der Waals surface area contributed by atoms with E-state index in [1.54, 1.807) is 0 Å². The summed E-state index contributed by atoms with van der Waals surface area (Å²) in [6.45, 7) is 6.94. The van der Waals surface area contributed by atoms with Crippen LogP contribution in [0.3, 0.4) is 0 Å². The molecule has 0 unspecified atom stereocenters. The maximum atomic E-state index is 11.9. The smallest absolute Gasteiger partial charge is 0.225 e. The molecule has 0 radical (unpaired) electrons. The highest BCUT2D eigenvalue weighted by Gasteiger charge is 2.09. The van der Waals surface area contributed by atoms with E-state index in [1.165, 1.54) is 0 Å². The highest BCUT2D eigenvalue weighted by atomic mass is 16.1. The van der Waals surface area contributed by atoms with Crippen LogP contribution in [0.1, 0.15) is 27.2 Å². The molecule has 0 aliphatic rings. The molecule has 0 saturated carbocycles. The van der Waals surface area contributed by atoms with Crippen molar-refractivity contribution >= 4 is 11.6 Å². The van der Waals surface area contributed by atoms with E-state index in [0.717, 1.165) is 11.4 Å². The van der Waals surface area contributed by atoms with Gasteiger partial charge in [-0.3, -0.25) is 4.79 Å². The van der Waals surface area contributed by atoms with Crippen LogP contribution in [0.15, 0.2) is 48.8 Å². The van der Waals surface area contributed by atoms with E-state index in [1.807, 2.05) is 53.4 Å². The molecule has 1 amide bonds. The maximum absolute atomic E-state index is 11.9. The Morgan fingerprint density at radius 3 is 2.52 bits per heavy atom. The molecule has 1 aromatic heterocycles. The fraction of sp³-hybridized carbons (Fsp3) is 0.353. The second-order valence-corrected chi connectivity index (χ2v) is 6.12. The first-order valence-electron chi connectivity index (χ1n) is 7.22. The van der Waals surface area contributed by atoms with Crippen LogP contribution in [-0.2, 0) is 4.79 Å². The van der Waals surface area contributed by atoms with Crippen molar-refractivity contribution in [2.24, 2.45) is 0 Å². The topological polar surface area (TPSA) is 46.1 Å². The minimum atomic E-state index is 0.0245. The van der Waals surface area contributed by atoms with Gasteiger partial charge < -0.3 is 15.2 Å². The van der Waals surface area contributed by atoms with Crippen LogP contribution in [0.4, 0.5) is 5.69 Å². The van der Waals surface area contributed by atoms with Crippen molar-refractivity contribution in [2.45, 2.75) is 32.7 Å². The lowest BCUT2D eigenvalue weighted by Crippen LogP contribution is -2.37. The first kappa shape index (κ1) is 15.3. The number of nitrogens with zero attached hydrogens (tertiary/aromatic N) is 1. The van der Waals surface area contributed by atoms with Crippen LogP contribution in [0.2, 0.25) is 0 Å². The molecule has 0 aliphatic heterocycles. The molecule has 0 fully saturated rings. The van der Waals surface area contributed by atoms with Crippen molar-refractivity contribution in [3.8, 4) is 5.69 Å². The quantitative estimate of drug-likeness (QED) is 0.886. The van der Waals surface area contributed by atoms with Crippen LogP contribution in [0.25, 0.3) is 5.69 Å². The summed E-state index contributed by atoms with van der Waals surface area (Å²) in [5, 5.41) is 6.25. The molecule has 4 nitrogen and oxygen atoms in total. The molecule has 2 N–H and O–H groups in total. The van der Waals surface area contributed by atoms with Gasteiger partial charge in [0.15, 0.2) is 0 Å². The summed E-state index contributed by atoms with van der Waals surface area (Å²) in [5.74, 6) is 0.0245. The Labute approximate surface area is 126 Å². The molecule has 0 atom stereocenters. The van der Waals surface area contributed by atoms with E-state index in [4.69, 9.17) is 0 Å². The number of aromatic nitrogens is 1. The second-order valence-electron chi connectivity index (χ2n) is 6.12. The van der Waals surface area contributed by atoms with E-state index in [0.29, 0.717) is 13.0 Å². The first-order chi connectivity index (χ1) is 9.94. The number of benzene rings is 1. The maximum Gasteiger partial charge on any atom is 0.225 e. The summed E-state index contributed by atoms with van der Waals surface area (Å²) in [6, 6.07) is 11.8. The molecule has 0 saturated heterocycles. The van der Waals surface area contributed by atoms with Gasteiger partial charge in [-0.25, -0.2) is 0 Å². The van der Waals surface area contributed by atoms with Gasteiger partial charge in [-0.2, -0.15) is 0 Å². The molecule has 0 aliphatic carbocycles. The van der Waals surface area contributed by atoms with E-state index in [2.05, 4.69) is 31.4 Å². The van der Waals surface area contributed by atoms with E-state index >= 15 is 0 Å². The van der Waals surface area contributed by atoms with E-state index < -0.39 is 0 Å². The van der Waals surface area contributed by atoms with Gasteiger partial charge in [-0.15, -0.1) is 0 Å². The standard InChI is InChI=1S/C17H23N3O/c1-17(2,3)18-10-9-16(21)19-14-7-6-8-15(13-14)20-11-4-5-12-20/h4-8,11-13,18H,9-10H2,1-3H3,(H,19,21). The molecule has 2 rings (SSSR count). The number of hydrogen-bond donors (Lipinski definition) is 2. The Bertz CT molecular complexity index is 582. The normalized spacial score (nSPS) is 11.4. The molecule has 2 aromatic rings. The summed E-state index contributed by atoms with van der Waals surface area (Å²) >= 11 is 0. The number of carbonyl (C=O) groups excluding carboxylic acids is 1. The predicted molar refractivity (Wildman–Crippen MR) is 86.8 cm³/mol. The van der Waals surface area contributed by atoms with Crippen LogP contribution < -0.4 is 10.6 Å². The minimum absolute atomic E-state index is 0.0245. The SMILES string of the molecule is CC(C)(C)NCCC(=O)Nc1cccc(-n2cccc2)c1. The number of amides is 1. The third kappa shape index (κ3) is 5.08. The summed E-state index contributed by atoms with van der Waals surface area (Å²) in [7, 11) is 0. The van der Waals surface area contributed by atoms with Crippen molar-refractivity contribution in [3.05, 3.63) is 48.8 Å². The second kappa shape index (κ2) is 6.59. The Hall–Kier alpha value is -2.07. The lowest BCUT2D eigenvalue weighted by atomic mass is 10.1. The molecule has 0 bridgehead atoms. The molecule has 112 valence electrons. The minimum Gasteiger partial charge on any atom is -0.326 e. The molecular weight excluding hydrogens is 262 g/mol. The van der Waals surface area contributed by atoms with Crippen molar-refractivity contribution in [1.29, 1.82) is 0 Å². The van der Waals surface area contributed by atoms with Crippen molar-refractivity contribution < 1.29 is 4.79 Å². The third-order valence-corrected chi connectivity index (χ3v) is 3.04. The largest absolute Gasteiger partial charge is 0.326 e. The molecule has 21 heavy (non-hydrogen) atoms. The molecular formula is C17H23N3O. The summed E-state index contributed by atoms with van der Waals surface area (Å²) in [6.07, 6.45) is 4.42. The average molecular weight is 285 g/mol. The highest BCUT2D eigenvalue weighted by molar-refractivity contribution is 5.91. The Balaban J connectivity index is 1.91. The van der Waals surface area contributed by atoms with Gasteiger partial charge >= 0.3 is 0 Å². The van der Waals surface area contributed by atoms with Crippen LogP contribution >= 0.6 is 0 Å². The predicted octanol–water partition coefficient (Wildman–Crippen LogP) is 3.19. The Morgan fingerprint density at radius 2 is 1.86 bits per heavy atom. The van der Waals surface area contributed by atoms with Crippen LogP contribution in [-0.4, -0.2) is 22.6 Å². The van der Waals surface area contributed by atoms with Crippen LogP contribution in [0.5, 0.6) is 0 Å². The number of nitrogens with one attached hydrogen (secondary N) is 2. The lowest BCUT2D eigenvalue weighted by molar-refractivity contribution is -0.116. The van der Waals surface area contributed by atoms with Gasteiger partial charge in [-0.1, -0.05) is 6.07 Å². The summed E-state index contributed by atoms with van der Waals surface area (Å²) < 4.78 is 2.01. The van der Waals surface area contributed by atoms with E-state index in [9.17, 15) is 4.79 Å². The molecule has 4 heteroatoms. The Morgan fingerprint density at radius 1 is 1.14 bits per heavy atom. The number of hydrogen-bond acceptors (Lipinski definition) is 2. The van der Waals surface area contributed by atoms with Crippen molar-refractivity contribution in [2.75, 3.05) is 11.9 Å². The number of carbonyl (C=O) groups is 1. The zero-order valence-corrected chi connectivity index (χ0v) is 12.9.